The molecule has 1 amide bonds. The van der Waals surface area contributed by atoms with Crippen molar-refractivity contribution in [1.82, 2.24) is 9.97 Å². The number of hydrogen-bond acceptors (Lipinski definition) is 4. The van der Waals surface area contributed by atoms with Crippen molar-refractivity contribution in [3.05, 3.63) is 48.3 Å². The highest BCUT2D eigenvalue weighted by atomic mass is 19.1. The van der Waals surface area contributed by atoms with Crippen molar-refractivity contribution < 1.29 is 9.18 Å². The van der Waals surface area contributed by atoms with Crippen LogP contribution in [-0.2, 0) is 4.79 Å². The number of anilines is 3. The van der Waals surface area contributed by atoms with Crippen LogP contribution in [0.15, 0.2) is 42.5 Å². The van der Waals surface area contributed by atoms with Crippen LogP contribution in [0.3, 0.4) is 0 Å². The number of fused-ring (bicyclic) bond motifs is 1. The van der Waals surface area contributed by atoms with Gasteiger partial charge in [0.15, 0.2) is 0 Å². The summed E-state index contributed by atoms with van der Waals surface area (Å²) in [4.78, 5) is 25.0. The van der Waals surface area contributed by atoms with Crippen molar-refractivity contribution in [2.75, 3.05) is 35.3 Å². The van der Waals surface area contributed by atoms with Gasteiger partial charge in [0.1, 0.15) is 5.82 Å². The maximum Gasteiger partial charge on any atom is 0.227 e. The average molecular weight is 410 g/mol. The standard InChI is InChI=1S/C23H28FN5O/c1-15(2)28(3)23-26-20-9-6-18(14-21(20)27-23)25-22(30)16-10-12-29(13-11-16)19-7-4-17(24)5-8-19/h4-9,14-16H,10-13H2,1-3H3,(H,25,30)(H,26,27). The number of rotatable bonds is 5. The third-order valence-electron chi connectivity index (χ3n) is 5.90. The van der Waals surface area contributed by atoms with E-state index in [-0.39, 0.29) is 17.6 Å². The molecule has 30 heavy (non-hydrogen) atoms. The molecule has 0 saturated carbocycles. The van der Waals surface area contributed by atoms with Gasteiger partial charge in [-0.2, -0.15) is 0 Å². The van der Waals surface area contributed by atoms with E-state index in [9.17, 15) is 9.18 Å². The molecule has 2 N–H and O–H groups in total. The Bertz CT molecular complexity index is 1020. The molecule has 1 saturated heterocycles. The highest BCUT2D eigenvalue weighted by Crippen LogP contribution is 2.26. The van der Waals surface area contributed by atoms with Crippen molar-refractivity contribution in [2.24, 2.45) is 5.92 Å². The van der Waals surface area contributed by atoms with Crippen LogP contribution in [-0.4, -0.2) is 42.1 Å². The van der Waals surface area contributed by atoms with E-state index in [1.165, 1.54) is 12.1 Å². The fourth-order valence-electron chi connectivity index (χ4n) is 3.78. The Balaban J connectivity index is 1.38. The van der Waals surface area contributed by atoms with E-state index in [2.05, 4.69) is 38.9 Å². The third-order valence-corrected chi connectivity index (χ3v) is 5.90. The van der Waals surface area contributed by atoms with Gasteiger partial charge in [0.2, 0.25) is 11.9 Å². The van der Waals surface area contributed by atoms with Gasteiger partial charge in [-0.3, -0.25) is 4.79 Å². The molecular weight excluding hydrogens is 381 g/mol. The molecule has 0 aliphatic carbocycles. The summed E-state index contributed by atoms with van der Waals surface area (Å²) in [5.74, 6) is 0.607. The number of benzene rings is 2. The van der Waals surface area contributed by atoms with Crippen LogP contribution in [0.5, 0.6) is 0 Å². The lowest BCUT2D eigenvalue weighted by Crippen LogP contribution is -2.38. The van der Waals surface area contributed by atoms with E-state index >= 15 is 0 Å². The smallest absolute Gasteiger partial charge is 0.227 e. The fourth-order valence-corrected chi connectivity index (χ4v) is 3.78. The zero-order valence-corrected chi connectivity index (χ0v) is 17.7. The van der Waals surface area contributed by atoms with Crippen LogP contribution in [0.1, 0.15) is 26.7 Å². The number of carbonyl (C=O) groups is 1. The zero-order chi connectivity index (χ0) is 21.3. The number of aromatic nitrogens is 2. The molecule has 1 fully saturated rings. The first-order valence-corrected chi connectivity index (χ1v) is 10.4. The average Bonchev–Trinajstić information content (AvgIpc) is 3.17. The van der Waals surface area contributed by atoms with E-state index in [1.54, 1.807) is 12.1 Å². The van der Waals surface area contributed by atoms with Crippen LogP contribution in [0.4, 0.5) is 21.7 Å². The first-order valence-electron chi connectivity index (χ1n) is 10.4. The molecule has 4 rings (SSSR count). The second-order valence-corrected chi connectivity index (χ2v) is 8.22. The van der Waals surface area contributed by atoms with Gasteiger partial charge < -0.3 is 20.1 Å². The summed E-state index contributed by atoms with van der Waals surface area (Å²) in [6.07, 6.45) is 1.55. The number of nitrogens with one attached hydrogen (secondary N) is 2. The largest absolute Gasteiger partial charge is 0.371 e. The Labute approximate surface area is 176 Å². The molecule has 2 heterocycles. The number of piperidine rings is 1. The van der Waals surface area contributed by atoms with Crippen LogP contribution in [0, 0.1) is 11.7 Å². The Kier molecular flexibility index (Phi) is 5.61. The number of hydrogen-bond donors (Lipinski definition) is 2. The van der Waals surface area contributed by atoms with Crippen LogP contribution >= 0.6 is 0 Å². The zero-order valence-electron chi connectivity index (χ0n) is 17.7. The van der Waals surface area contributed by atoms with Crippen LogP contribution in [0.25, 0.3) is 11.0 Å². The van der Waals surface area contributed by atoms with Gasteiger partial charge in [0.05, 0.1) is 11.0 Å². The van der Waals surface area contributed by atoms with E-state index < -0.39 is 0 Å². The molecule has 2 aromatic carbocycles. The van der Waals surface area contributed by atoms with Gasteiger partial charge in [-0.25, -0.2) is 9.37 Å². The molecule has 0 bridgehead atoms. The second-order valence-electron chi connectivity index (χ2n) is 8.22. The molecule has 0 radical (unpaired) electrons. The van der Waals surface area contributed by atoms with Crippen molar-refractivity contribution >= 4 is 34.3 Å². The number of halogens is 1. The Hall–Kier alpha value is -3.09. The number of amides is 1. The minimum absolute atomic E-state index is 0.0261. The number of carbonyl (C=O) groups excluding carboxylic acids is 1. The van der Waals surface area contributed by atoms with Gasteiger partial charge >= 0.3 is 0 Å². The summed E-state index contributed by atoms with van der Waals surface area (Å²) in [7, 11) is 2.00. The molecule has 0 spiro atoms. The van der Waals surface area contributed by atoms with Crippen molar-refractivity contribution in [3.8, 4) is 0 Å². The maximum absolute atomic E-state index is 13.1. The van der Waals surface area contributed by atoms with E-state index in [4.69, 9.17) is 0 Å². The summed E-state index contributed by atoms with van der Waals surface area (Å²) >= 11 is 0. The predicted molar refractivity (Wildman–Crippen MR) is 120 cm³/mol. The Morgan fingerprint density at radius 3 is 2.57 bits per heavy atom. The predicted octanol–water partition coefficient (Wildman–Crippen LogP) is 4.40. The molecule has 1 aliphatic heterocycles. The van der Waals surface area contributed by atoms with E-state index in [0.717, 1.165) is 54.3 Å². The lowest BCUT2D eigenvalue weighted by atomic mass is 9.95. The quantitative estimate of drug-likeness (QED) is 0.656. The van der Waals surface area contributed by atoms with E-state index in [1.807, 2.05) is 25.2 Å². The highest BCUT2D eigenvalue weighted by Gasteiger charge is 2.25. The van der Waals surface area contributed by atoms with Gasteiger partial charge in [0.25, 0.3) is 0 Å². The summed E-state index contributed by atoms with van der Waals surface area (Å²) in [5.41, 5.74) is 3.56. The van der Waals surface area contributed by atoms with Crippen molar-refractivity contribution in [2.45, 2.75) is 32.7 Å². The summed E-state index contributed by atoms with van der Waals surface area (Å²) in [5, 5.41) is 3.06. The van der Waals surface area contributed by atoms with Crippen LogP contribution in [0.2, 0.25) is 0 Å². The minimum atomic E-state index is -0.231. The van der Waals surface area contributed by atoms with Gasteiger partial charge in [-0.05, 0) is 69.2 Å². The molecular formula is C23H28FN5O. The molecule has 1 aliphatic rings. The Morgan fingerprint density at radius 2 is 1.90 bits per heavy atom. The molecule has 3 aromatic rings. The lowest BCUT2D eigenvalue weighted by molar-refractivity contribution is -0.120. The second kappa shape index (κ2) is 8.34. The highest BCUT2D eigenvalue weighted by molar-refractivity contribution is 5.94. The van der Waals surface area contributed by atoms with Gasteiger partial charge in [-0.1, -0.05) is 0 Å². The minimum Gasteiger partial charge on any atom is -0.371 e. The van der Waals surface area contributed by atoms with Gasteiger partial charge in [-0.15, -0.1) is 0 Å². The fraction of sp³-hybridized carbons (Fsp3) is 0.391. The molecule has 1 aromatic heterocycles. The number of aromatic amines is 1. The summed E-state index contributed by atoms with van der Waals surface area (Å²) < 4.78 is 13.1. The topological polar surface area (TPSA) is 64.3 Å². The first kappa shape index (κ1) is 20.2. The SMILES string of the molecule is CC(C)N(C)c1nc2ccc(NC(=O)C3CCN(c4ccc(F)cc4)CC3)cc2[nH]1. The van der Waals surface area contributed by atoms with Crippen molar-refractivity contribution in [3.63, 3.8) is 0 Å². The number of nitrogens with zero attached hydrogens (tertiary/aromatic N) is 3. The Morgan fingerprint density at radius 1 is 1.20 bits per heavy atom. The molecule has 6 nitrogen and oxygen atoms in total. The molecule has 7 heteroatoms. The summed E-state index contributed by atoms with van der Waals surface area (Å²) in [6.45, 7) is 5.79. The lowest BCUT2D eigenvalue weighted by Gasteiger charge is -2.33. The monoisotopic (exact) mass is 409 g/mol. The van der Waals surface area contributed by atoms with E-state index in [0.29, 0.717) is 6.04 Å². The molecule has 0 atom stereocenters. The van der Waals surface area contributed by atoms with Crippen LogP contribution < -0.4 is 15.1 Å². The normalized spacial score (nSPS) is 15.0. The first-order chi connectivity index (χ1) is 14.4. The molecule has 158 valence electrons. The van der Waals surface area contributed by atoms with Gasteiger partial charge in [0, 0.05) is 43.5 Å². The third kappa shape index (κ3) is 4.25. The molecule has 0 unspecified atom stereocenters. The number of imidazole rings is 1. The number of H-pyrrole nitrogens is 1. The van der Waals surface area contributed by atoms with Crippen molar-refractivity contribution in [1.29, 1.82) is 0 Å². The summed E-state index contributed by atoms with van der Waals surface area (Å²) in [6, 6.07) is 12.6. The maximum atomic E-state index is 13.1.